The average molecular weight is 726 g/mol. The fourth-order valence-corrected chi connectivity index (χ4v) is 6.10. The van der Waals surface area contributed by atoms with Crippen molar-refractivity contribution in [1.82, 2.24) is 0 Å². The summed E-state index contributed by atoms with van der Waals surface area (Å²) in [5.74, 6) is -0.403. The van der Waals surface area contributed by atoms with Gasteiger partial charge in [-0.1, -0.05) is 153 Å². The highest BCUT2D eigenvalue weighted by molar-refractivity contribution is 7.47. The molecule has 0 aliphatic carbocycles. The van der Waals surface area contributed by atoms with Gasteiger partial charge in [-0.3, -0.25) is 13.8 Å². The summed E-state index contributed by atoms with van der Waals surface area (Å²) in [6.45, 7) is 4.17. The van der Waals surface area contributed by atoms with Gasteiger partial charge in [-0.15, -0.1) is 0 Å². The van der Waals surface area contributed by atoms with E-state index >= 15 is 0 Å². The molecular formula is C41H76NO7P. The van der Waals surface area contributed by atoms with Crippen molar-refractivity contribution in [2.75, 3.05) is 26.4 Å². The maximum absolute atomic E-state index is 12.5. The minimum absolute atomic E-state index is 0.0120. The number of carbonyl (C=O) groups is 1. The van der Waals surface area contributed by atoms with E-state index in [0.717, 1.165) is 32.1 Å². The van der Waals surface area contributed by atoms with E-state index < -0.39 is 19.9 Å². The maximum Gasteiger partial charge on any atom is 0.472 e. The molecule has 0 saturated carbocycles. The van der Waals surface area contributed by atoms with Crippen molar-refractivity contribution in [1.29, 1.82) is 0 Å². The van der Waals surface area contributed by atoms with Crippen molar-refractivity contribution < 1.29 is 32.8 Å². The molecule has 292 valence electrons. The minimum Gasteiger partial charge on any atom is -0.498 e. The molecule has 2 atom stereocenters. The van der Waals surface area contributed by atoms with Crippen LogP contribution in [0.25, 0.3) is 0 Å². The Labute approximate surface area is 307 Å². The second kappa shape index (κ2) is 38.5. The normalized spacial score (nSPS) is 14.0. The van der Waals surface area contributed by atoms with Crippen LogP contribution in [0.4, 0.5) is 0 Å². The van der Waals surface area contributed by atoms with E-state index in [2.05, 4.69) is 50.3 Å². The Morgan fingerprint density at radius 2 is 1.08 bits per heavy atom. The van der Waals surface area contributed by atoms with Gasteiger partial charge in [-0.05, 0) is 57.4 Å². The van der Waals surface area contributed by atoms with E-state index in [9.17, 15) is 14.3 Å². The smallest absolute Gasteiger partial charge is 0.472 e. The molecule has 50 heavy (non-hydrogen) atoms. The van der Waals surface area contributed by atoms with Crippen molar-refractivity contribution in [2.24, 2.45) is 5.73 Å². The van der Waals surface area contributed by atoms with Gasteiger partial charge in [0.15, 0.2) is 6.10 Å². The second-order valence-electron chi connectivity index (χ2n) is 13.2. The van der Waals surface area contributed by atoms with Crippen LogP contribution in [-0.2, 0) is 27.9 Å². The summed E-state index contributed by atoms with van der Waals surface area (Å²) in [5, 5.41) is 0. The first kappa shape index (κ1) is 48.3. The van der Waals surface area contributed by atoms with Crippen LogP contribution < -0.4 is 5.73 Å². The van der Waals surface area contributed by atoms with Crippen LogP contribution in [0.15, 0.2) is 48.8 Å². The fourth-order valence-electron chi connectivity index (χ4n) is 5.33. The lowest BCUT2D eigenvalue weighted by Crippen LogP contribution is -2.27. The van der Waals surface area contributed by atoms with E-state index in [-0.39, 0.29) is 32.8 Å². The summed E-state index contributed by atoms with van der Waals surface area (Å²) >= 11 is 0. The first-order valence-electron chi connectivity index (χ1n) is 20.2. The molecule has 0 aliphatic heterocycles. The van der Waals surface area contributed by atoms with Gasteiger partial charge in [0.2, 0.25) is 0 Å². The molecule has 0 spiro atoms. The Morgan fingerprint density at radius 3 is 1.60 bits per heavy atom. The number of phosphoric ester groups is 1. The van der Waals surface area contributed by atoms with Crippen molar-refractivity contribution in [3.8, 4) is 0 Å². The number of hydrogen-bond donors (Lipinski definition) is 2. The summed E-state index contributed by atoms with van der Waals surface area (Å²) in [6, 6.07) is 0. The predicted octanol–water partition coefficient (Wildman–Crippen LogP) is 12.0. The number of nitrogens with two attached hydrogens (primary N) is 1. The van der Waals surface area contributed by atoms with Crippen LogP contribution in [0.5, 0.6) is 0 Å². The SMILES string of the molecule is CCCCCCCCC=CCC=CCC=CCCCC(=O)O[C@H](COC=CCCCCCCCCCCCCCC)COP(=O)(O)OCCN. The zero-order valence-electron chi connectivity index (χ0n) is 32.1. The summed E-state index contributed by atoms with van der Waals surface area (Å²) < 4.78 is 33.0. The molecule has 0 bridgehead atoms. The molecule has 0 rings (SSSR count). The van der Waals surface area contributed by atoms with E-state index in [1.165, 1.54) is 116 Å². The molecule has 8 nitrogen and oxygen atoms in total. The van der Waals surface area contributed by atoms with Crippen LogP contribution in [-0.4, -0.2) is 43.3 Å². The molecule has 0 aliphatic rings. The second-order valence-corrected chi connectivity index (χ2v) is 14.7. The van der Waals surface area contributed by atoms with Crippen molar-refractivity contribution in [3.63, 3.8) is 0 Å². The lowest BCUT2D eigenvalue weighted by atomic mass is 10.0. The molecule has 0 aromatic heterocycles. The molecular weight excluding hydrogens is 649 g/mol. The van der Waals surface area contributed by atoms with Crippen LogP contribution in [0, 0.1) is 0 Å². The molecule has 0 aromatic carbocycles. The highest BCUT2D eigenvalue weighted by Crippen LogP contribution is 2.43. The summed E-state index contributed by atoms with van der Waals surface area (Å²) in [4.78, 5) is 22.4. The number of rotatable bonds is 38. The number of allylic oxidation sites excluding steroid dienone is 7. The molecule has 1 unspecified atom stereocenters. The van der Waals surface area contributed by atoms with Crippen LogP contribution in [0.1, 0.15) is 174 Å². The van der Waals surface area contributed by atoms with E-state index in [1.54, 1.807) is 6.26 Å². The Kier molecular flexibility index (Phi) is 37.2. The summed E-state index contributed by atoms with van der Waals surface area (Å²) in [5.41, 5.74) is 5.35. The quantitative estimate of drug-likeness (QED) is 0.0212. The fraction of sp³-hybridized carbons (Fsp3) is 0.780. The lowest BCUT2D eigenvalue weighted by molar-refractivity contribution is -0.153. The number of hydrogen-bond acceptors (Lipinski definition) is 7. The molecule has 0 aromatic rings. The third kappa shape index (κ3) is 37.6. The molecule has 9 heteroatoms. The summed E-state index contributed by atoms with van der Waals surface area (Å²) in [7, 11) is -4.30. The van der Waals surface area contributed by atoms with Crippen LogP contribution in [0.3, 0.4) is 0 Å². The van der Waals surface area contributed by atoms with Gasteiger partial charge in [0.05, 0.1) is 19.5 Å². The number of unbranched alkanes of at least 4 members (excludes halogenated alkanes) is 19. The Bertz CT molecular complexity index is 905. The standard InChI is InChI=1S/C41H76NO7P/c1-3-5-7-9-11-13-15-17-19-20-21-22-24-26-28-30-32-34-41(43)49-40(39-48-50(44,45)47-37-35-42)38-46-36-33-31-29-27-25-23-18-16-14-12-10-8-6-4-2/h17,19,21-22,26,28,33,36,40H,3-16,18,20,23-25,27,29-32,34-35,37-39,42H2,1-2H3,(H,44,45)/t40-/m1/s1. The minimum atomic E-state index is -4.30. The monoisotopic (exact) mass is 726 g/mol. The largest absolute Gasteiger partial charge is 0.498 e. The lowest BCUT2D eigenvalue weighted by Gasteiger charge is -2.19. The van der Waals surface area contributed by atoms with Crippen molar-refractivity contribution in [3.05, 3.63) is 48.8 Å². The molecule has 0 fully saturated rings. The van der Waals surface area contributed by atoms with Gasteiger partial charge in [0.25, 0.3) is 0 Å². The number of phosphoric acid groups is 1. The van der Waals surface area contributed by atoms with E-state index in [0.29, 0.717) is 6.42 Å². The first-order valence-corrected chi connectivity index (χ1v) is 21.7. The van der Waals surface area contributed by atoms with Gasteiger partial charge in [-0.25, -0.2) is 4.57 Å². The Hall–Kier alpha value is -1.70. The first-order chi connectivity index (χ1) is 24.4. The number of carbonyl (C=O) groups excluding carboxylic acids is 1. The molecule has 0 saturated heterocycles. The highest BCUT2D eigenvalue weighted by Gasteiger charge is 2.25. The maximum atomic E-state index is 12.5. The highest BCUT2D eigenvalue weighted by atomic mass is 31.2. The summed E-state index contributed by atoms with van der Waals surface area (Å²) in [6.07, 6.45) is 45.1. The third-order valence-corrected chi connectivity index (χ3v) is 9.30. The van der Waals surface area contributed by atoms with E-state index in [1.807, 2.05) is 6.08 Å². The number of esters is 1. The van der Waals surface area contributed by atoms with Crippen molar-refractivity contribution >= 4 is 13.8 Å². The topological polar surface area (TPSA) is 117 Å². The van der Waals surface area contributed by atoms with Gasteiger partial charge < -0.3 is 20.1 Å². The Balaban J connectivity index is 4.22. The Morgan fingerprint density at radius 1 is 0.620 bits per heavy atom. The number of ether oxygens (including phenoxy) is 2. The van der Waals surface area contributed by atoms with Gasteiger partial charge in [-0.2, -0.15) is 0 Å². The molecule has 0 radical (unpaired) electrons. The average Bonchev–Trinajstić information content (AvgIpc) is 3.10. The molecule has 0 heterocycles. The van der Waals surface area contributed by atoms with E-state index in [4.69, 9.17) is 24.3 Å². The van der Waals surface area contributed by atoms with Gasteiger partial charge in [0.1, 0.15) is 6.61 Å². The zero-order valence-corrected chi connectivity index (χ0v) is 33.0. The van der Waals surface area contributed by atoms with Gasteiger partial charge >= 0.3 is 13.8 Å². The van der Waals surface area contributed by atoms with Crippen LogP contribution in [0.2, 0.25) is 0 Å². The third-order valence-electron chi connectivity index (χ3n) is 8.31. The van der Waals surface area contributed by atoms with Crippen molar-refractivity contribution in [2.45, 2.75) is 180 Å². The molecule has 3 N–H and O–H groups in total. The van der Waals surface area contributed by atoms with Crippen LogP contribution >= 0.6 is 7.82 Å². The van der Waals surface area contributed by atoms with Gasteiger partial charge in [0, 0.05) is 13.0 Å². The zero-order chi connectivity index (χ0) is 36.6. The molecule has 0 amide bonds. The predicted molar refractivity (Wildman–Crippen MR) is 210 cm³/mol.